The first kappa shape index (κ1) is 16.8. The molecular weight excluding hydrogens is 332 g/mol. The molecule has 1 aliphatic heterocycles. The van der Waals surface area contributed by atoms with Crippen LogP contribution in [-0.4, -0.2) is 26.8 Å². The third-order valence-corrected chi connectivity index (χ3v) is 5.64. The number of Topliss-reactive ketones (excluding diaryl/α,β-unsaturated/α-hetero) is 1. The van der Waals surface area contributed by atoms with Gasteiger partial charge in [-0.05, 0) is 41.3 Å². The molecule has 1 aliphatic carbocycles. The van der Waals surface area contributed by atoms with E-state index in [2.05, 4.69) is 13.0 Å². The standard InChI is InChI=1S/C21H22O5/c1-11-12(2)21(22)15-9-18(24-4)17(23-3)8-14(15)20(11)13-5-6-16-19(7-13)26-10-25-16/h5-9,11-12,20H,10H2,1-4H3/t11?,12?,20-/m1/s1. The molecule has 0 saturated carbocycles. The van der Waals surface area contributed by atoms with Crippen molar-refractivity contribution in [2.45, 2.75) is 19.8 Å². The number of fused-ring (bicyclic) bond motifs is 2. The van der Waals surface area contributed by atoms with E-state index in [9.17, 15) is 4.79 Å². The van der Waals surface area contributed by atoms with E-state index in [0.29, 0.717) is 17.1 Å². The van der Waals surface area contributed by atoms with Crippen molar-refractivity contribution in [2.75, 3.05) is 21.0 Å². The average molecular weight is 354 g/mol. The van der Waals surface area contributed by atoms with Gasteiger partial charge in [-0.1, -0.05) is 19.9 Å². The lowest BCUT2D eigenvalue weighted by Crippen LogP contribution is -2.32. The molecule has 5 nitrogen and oxygen atoms in total. The highest BCUT2D eigenvalue weighted by atomic mass is 16.7. The van der Waals surface area contributed by atoms with Crippen molar-refractivity contribution < 1.29 is 23.7 Å². The molecular formula is C21H22O5. The summed E-state index contributed by atoms with van der Waals surface area (Å²) in [7, 11) is 3.19. The maximum Gasteiger partial charge on any atom is 0.231 e. The number of methoxy groups -OCH3 is 2. The maximum absolute atomic E-state index is 12.9. The van der Waals surface area contributed by atoms with Crippen molar-refractivity contribution in [3.05, 3.63) is 47.0 Å². The first-order valence-electron chi connectivity index (χ1n) is 8.74. The van der Waals surface area contributed by atoms with Crippen LogP contribution in [0.15, 0.2) is 30.3 Å². The van der Waals surface area contributed by atoms with Gasteiger partial charge in [-0.25, -0.2) is 0 Å². The molecule has 0 aromatic heterocycles. The van der Waals surface area contributed by atoms with E-state index < -0.39 is 0 Å². The largest absolute Gasteiger partial charge is 0.493 e. The maximum atomic E-state index is 12.9. The van der Waals surface area contributed by atoms with Crippen molar-refractivity contribution in [2.24, 2.45) is 11.8 Å². The summed E-state index contributed by atoms with van der Waals surface area (Å²) in [6.07, 6.45) is 0. The van der Waals surface area contributed by atoms with Crippen molar-refractivity contribution in [3.63, 3.8) is 0 Å². The lowest BCUT2D eigenvalue weighted by atomic mass is 9.67. The molecule has 0 N–H and O–H groups in total. The van der Waals surface area contributed by atoms with Gasteiger partial charge in [0.25, 0.3) is 0 Å². The smallest absolute Gasteiger partial charge is 0.231 e. The molecule has 2 aliphatic rings. The Morgan fingerprint density at radius 3 is 2.38 bits per heavy atom. The number of ether oxygens (including phenoxy) is 4. The Morgan fingerprint density at radius 2 is 1.65 bits per heavy atom. The second-order valence-corrected chi connectivity index (χ2v) is 6.90. The zero-order chi connectivity index (χ0) is 18.4. The Balaban J connectivity index is 1.90. The summed E-state index contributed by atoms with van der Waals surface area (Å²) in [5, 5.41) is 0. The topological polar surface area (TPSA) is 54.0 Å². The van der Waals surface area contributed by atoms with Gasteiger partial charge in [-0.15, -0.1) is 0 Å². The van der Waals surface area contributed by atoms with E-state index in [0.717, 1.165) is 22.6 Å². The minimum absolute atomic E-state index is 0.0620. The average Bonchev–Trinajstić information content (AvgIpc) is 3.13. The fourth-order valence-corrected chi connectivity index (χ4v) is 4.01. The SMILES string of the molecule is COc1cc2c(cc1OC)[C@@H](c1ccc3c(c1)OCO3)C(C)C(C)C2=O. The summed E-state index contributed by atoms with van der Waals surface area (Å²) in [5.74, 6) is 2.98. The van der Waals surface area contributed by atoms with Crippen molar-refractivity contribution >= 4 is 5.78 Å². The Hall–Kier alpha value is -2.69. The highest BCUT2D eigenvalue weighted by Gasteiger charge is 2.39. The molecule has 1 heterocycles. The molecule has 0 bridgehead atoms. The van der Waals surface area contributed by atoms with Crippen LogP contribution in [0.3, 0.4) is 0 Å². The second kappa shape index (κ2) is 6.24. The number of ketones is 1. The summed E-state index contributed by atoms with van der Waals surface area (Å²) in [5.41, 5.74) is 2.78. The molecule has 26 heavy (non-hydrogen) atoms. The van der Waals surface area contributed by atoms with Crippen LogP contribution < -0.4 is 18.9 Å². The van der Waals surface area contributed by atoms with E-state index >= 15 is 0 Å². The first-order valence-corrected chi connectivity index (χ1v) is 8.74. The van der Waals surface area contributed by atoms with Crippen molar-refractivity contribution in [1.29, 1.82) is 0 Å². The molecule has 0 fully saturated rings. The molecule has 2 aromatic carbocycles. The third kappa shape index (κ3) is 2.42. The lowest BCUT2D eigenvalue weighted by Gasteiger charge is -2.36. The van der Waals surface area contributed by atoms with Crippen LogP contribution in [-0.2, 0) is 0 Å². The van der Waals surface area contributed by atoms with E-state index in [-0.39, 0.29) is 30.3 Å². The van der Waals surface area contributed by atoms with Gasteiger partial charge in [0.05, 0.1) is 14.2 Å². The number of carbonyl (C=O) groups excluding carboxylic acids is 1. The zero-order valence-electron chi connectivity index (χ0n) is 15.4. The Morgan fingerprint density at radius 1 is 0.962 bits per heavy atom. The minimum Gasteiger partial charge on any atom is -0.493 e. The summed E-state index contributed by atoms with van der Waals surface area (Å²) >= 11 is 0. The summed E-state index contributed by atoms with van der Waals surface area (Å²) in [6.45, 7) is 4.36. The van der Waals surface area contributed by atoms with Gasteiger partial charge in [0, 0.05) is 17.4 Å². The van der Waals surface area contributed by atoms with Crippen LogP contribution in [0.1, 0.15) is 41.3 Å². The number of benzene rings is 2. The van der Waals surface area contributed by atoms with E-state index in [4.69, 9.17) is 18.9 Å². The van der Waals surface area contributed by atoms with E-state index in [1.54, 1.807) is 20.3 Å². The van der Waals surface area contributed by atoms with Gasteiger partial charge in [-0.3, -0.25) is 4.79 Å². The highest BCUT2D eigenvalue weighted by molar-refractivity contribution is 6.01. The molecule has 0 spiro atoms. The number of rotatable bonds is 3. The zero-order valence-corrected chi connectivity index (χ0v) is 15.4. The van der Waals surface area contributed by atoms with Crippen LogP contribution in [0.5, 0.6) is 23.0 Å². The van der Waals surface area contributed by atoms with Crippen molar-refractivity contribution in [1.82, 2.24) is 0 Å². The third-order valence-electron chi connectivity index (χ3n) is 5.64. The summed E-state index contributed by atoms with van der Waals surface area (Å²) in [4.78, 5) is 12.9. The Bertz CT molecular complexity index is 873. The van der Waals surface area contributed by atoms with Gasteiger partial charge in [0.2, 0.25) is 6.79 Å². The number of hydrogen-bond donors (Lipinski definition) is 0. The molecule has 136 valence electrons. The molecule has 2 unspecified atom stereocenters. The predicted molar refractivity (Wildman–Crippen MR) is 96.6 cm³/mol. The van der Waals surface area contributed by atoms with Gasteiger partial charge >= 0.3 is 0 Å². The van der Waals surface area contributed by atoms with Gasteiger partial charge < -0.3 is 18.9 Å². The second-order valence-electron chi connectivity index (χ2n) is 6.90. The Labute approximate surface area is 152 Å². The van der Waals surface area contributed by atoms with Crippen LogP contribution >= 0.6 is 0 Å². The molecule has 5 heteroatoms. The van der Waals surface area contributed by atoms with Crippen LogP contribution in [0.25, 0.3) is 0 Å². The van der Waals surface area contributed by atoms with E-state index in [1.165, 1.54) is 0 Å². The monoisotopic (exact) mass is 354 g/mol. The lowest BCUT2D eigenvalue weighted by molar-refractivity contribution is 0.0865. The van der Waals surface area contributed by atoms with Crippen LogP contribution in [0.4, 0.5) is 0 Å². The minimum atomic E-state index is -0.0870. The quantitative estimate of drug-likeness (QED) is 0.833. The highest BCUT2D eigenvalue weighted by Crippen LogP contribution is 2.48. The van der Waals surface area contributed by atoms with E-state index in [1.807, 2.05) is 25.1 Å². The van der Waals surface area contributed by atoms with Crippen molar-refractivity contribution in [3.8, 4) is 23.0 Å². The van der Waals surface area contributed by atoms with Crippen LogP contribution in [0, 0.1) is 11.8 Å². The van der Waals surface area contributed by atoms with Gasteiger partial charge in [-0.2, -0.15) is 0 Å². The van der Waals surface area contributed by atoms with Gasteiger partial charge in [0.1, 0.15) is 0 Å². The molecule has 0 radical (unpaired) electrons. The molecule has 4 rings (SSSR count). The summed E-state index contributed by atoms with van der Waals surface area (Å²) < 4.78 is 21.9. The number of hydrogen-bond acceptors (Lipinski definition) is 5. The molecule has 3 atom stereocenters. The molecule has 0 amide bonds. The molecule has 2 aromatic rings. The van der Waals surface area contributed by atoms with Gasteiger partial charge in [0.15, 0.2) is 28.8 Å². The molecule has 0 saturated heterocycles. The summed E-state index contributed by atoms with van der Waals surface area (Å²) in [6, 6.07) is 9.75. The fourth-order valence-electron chi connectivity index (χ4n) is 4.01. The first-order chi connectivity index (χ1) is 12.5. The normalized spacial score (nSPS) is 23.5. The predicted octanol–water partition coefficient (Wildman–Crippen LogP) is 4.03. The van der Waals surface area contributed by atoms with Crippen LogP contribution in [0.2, 0.25) is 0 Å². The number of carbonyl (C=O) groups is 1. The fraction of sp³-hybridized carbons (Fsp3) is 0.381. The Kier molecular flexibility index (Phi) is 4.02.